The van der Waals surface area contributed by atoms with Crippen LogP contribution in [0.4, 0.5) is 0 Å². The number of rotatable bonds is 5. The number of para-hydroxylation sites is 1. The molecule has 4 rings (SSSR count). The normalized spacial score (nSPS) is 17.1. The molecule has 0 aromatic heterocycles. The highest BCUT2D eigenvalue weighted by atomic mass is 16.6. The first kappa shape index (κ1) is 16.4. The maximum absolute atomic E-state index is 5.88. The molecule has 0 heterocycles. The van der Waals surface area contributed by atoms with Crippen molar-refractivity contribution in [1.29, 1.82) is 0 Å². The number of ether oxygens (including phenoxy) is 1. The first-order chi connectivity index (χ1) is 12.8. The highest BCUT2D eigenvalue weighted by molar-refractivity contribution is 5.96. The van der Waals surface area contributed by atoms with E-state index < -0.39 is 0 Å². The third kappa shape index (κ3) is 3.47. The van der Waals surface area contributed by atoms with E-state index in [9.17, 15) is 0 Å². The third-order valence-corrected chi connectivity index (χ3v) is 4.75. The van der Waals surface area contributed by atoms with E-state index in [-0.39, 0.29) is 5.92 Å². The molecule has 0 aliphatic heterocycles. The number of hydrogen-bond donors (Lipinski definition) is 0. The molecule has 1 unspecified atom stereocenters. The number of hydrogen-bond acceptors (Lipinski definition) is 3. The lowest BCUT2D eigenvalue weighted by molar-refractivity contribution is 0.211. The summed E-state index contributed by atoms with van der Waals surface area (Å²) in [7, 11) is 1.61. The Bertz CT molecular complexity index is 901. The van der Waals surface area contributed by atoms with Gasteiger partial charge in [0.25, 0.3) is 0 Å². The molecule has 0 amide bonds. The maximum Gasteiger partial charge on any atom is 0.127 e. The molecular weight excluding hydrogens is 322 g/mol. The van der Waals surface area contributed by atoms with Crippen LogP contribution in [0.3, 0.4) is 0 Å². The fourth-order valence-corrected chi connectivity index (χ4v) is 3.53. The van der Waals surface area contributed by atoms with Crippen LogP contribution in [0.5, 0.6) is 11.5 Å². The van der Waals surface area contributed by atoms with E-state index in [1.807, 2.05) is 42.5 Å². The van der Waals surface area contributed by atoms with Gasteiger partial charge in [-0.15, -0.1) is 0 Å². The number of fused-ring (bicyclic) bond motifs is 1. The van der Waals surface area contributed by atoms with Crippen LogP contribution in [-0.4, -0.2) is 12.8 Å². The highest BCUT2D eigenvalue weighted by Crippen LogP contribution is 2.34. The second-order valence-electron chi connectivity index (χ2n) is 6.46. The summed E-state index contributed by atoms with van der Waals surface area (Å²) in [6, 6.07) is 26.7. The summed E-state index contributed by atoms with van der Waals surface area (Å²) >= 11 is 0. The van der Waals surface area contributed by atoms with Crippen molar-refractivity contribution < 1.29 is 9.57 Å². The van der Waals surface area contributed by atoms with Crippen LogP contribution in [0.25, 0.3) is 0 Å². The van der Waals surface area contributed by atoms with Crippen LogP contribution < -0.4 is 4.74 Å². The summed E-state index contributed by atoms with van der Waals surface area (Å²) in [4.78, 5) is 5.08. The molecule has 0 saturated carbocycles. The lowest BCUT2D eigenvalue weighted by atomic mass is 9.92. The van der Waals surface area contributed by atoms with Crippen LogP contribution in [0.15, 0.2) is 84.0 Å². The second-order valence-corrected chi connectivity index (χ2v) is 6.46. The van der Waals surface area contributed by atoms with E-state index in [0.29, 0.717) is 0 Å². The molecule has 0 N–H and O–H groups in total. The summed E-state index contributed by atoms with van der Waals surface area (Å²) in [6.07, 6.45) is 1.77. The van der Waals surface area contributed by atoms with Gasteiger partial charge in [0, 0.05) is 12.3 Å². The van der Waals surface area contributed by atoms with Gasteiger partial charge >= 0.3 is 0 Å². The van der Waals surface area contributed by atoms with Gasteiger partial charge in [-0.2, -0.15) is 0 Å². The van der Waals surface area contributed by atoms with Crippen LogP contribution >= 0.6 is 0 Å². The van der Waals surface area contributed by atoms with Crippen LogP contribution in [-0.2, 0) is 17.7 Å². The zero-order valence-corrected chi connectivity index (χ0v) is 14.8. The predicted molar refractivity (Wildman–Crippen MR) is 104 cm³/mol. The summed E-state index contributed by atoms with van der Waals surface area (Å²) in [5, 5.41) is 4.28. The second kappa shape index (κ2) is 7.44. The average Bonchev–Trinajstić information content (AvgIpc) is 3.02. The molecule has 1 aliphatic carbocycles. The molecule has 0 radical (unpaired) electrons. The Morgan fingerprint density at radius 2 is 1.54 bits per heavy atom. The first-order valence-electron chi connectivity index (χ1n) is 8.83. The highest BCUT2D eigenvalue weighted by Gasteiger charge is 2.29. The van der Waals surface area contributed by atoms with Crippen molar-refractivity contribution in [3.8, 4) is 11.5 Å². The molecule has 3 nitrogen and oxygen atoms in total. The van der Waals surface area contributed by atoms with Crippen molar-refractivity contribution in [2.45, 2.75) is 18.8 Å². The summed E-state index contributed by atoms with van der Waals surface area (Å²) in [6.45, 7) is 0. The largest absolute Gasteiger partial charge is 0.457 e. The SMILES string of the molecule is CO/N=C1\Cc2ccccc2C1Cc1ccc(Oc2ccccc2)cc1. The standard InChI is InChI=1S/C23H21NO2/c1-25-24-23-16-18-7-5-6-10-21(18)22(23)15-17-11-13-20(14-12-17)26-19-8-3-2-4-9-19/h2-14,22H,15-16H2,1H3/b24-23+. The molecule has 130 valence electrons. The Morgan fingerprint density at radius 1 is 0.846 bits per heavy atom. The zero-order valence-electron chi connectivity index (χ0n) is 14.8. The monoisotopic (exact) mass is 343 g/mol. The minimum Gasteiger partial charge on any atom is -0.457 e. The fraction of sp³-hybridized carbons (Fsp3) is 0.174. The molecule has 26 heavy (non-hydrogen) atoms. The van der Waals surface area contributed by atoms with Gasteiger partial charge in [0.15, 0.2) is 0 Å². The zero-order chi connectivity index (χ0) is 17.8. The fourth-order valence-electron chi connectivity index (χ4n) is 3.53. The van der Waals surface area contributed by atoms with E-state index >= 15 is 0 Å². The van der Waals surface area contributed by atoms with E-state index in [1.165, 1.54) is 16.7 Å². The van der Waals surface area contributed by atoms with Crippen LogP contribution in [0, 0.1) is 0 Å². The Labute approximate surface area is 153 Å². The molecule has 0 spiro atoms. The number of benzene rings is 3. The first-order valence-corrected chi connectivity index (χ1v) is 8.83. The maximum atomic E-state index is 5.88. The van der Waals surface area contributed by atoms with E-state index in [0.717, 1.165) is 30.1 Å². The van der Waals surface area contributed by atoms with Crippen molar-refractivity contribution in [2.24, 2.45) is 5.16 Å². The molecule has 0 bridgehead atoms. The lowest BCUT2D eigenvalue weighted by Gasteiger charge is -2.13. The third-order valence-electron chi connectivity index (χ3n) is 4.75. The van der Waals surface area contributed by atoms with Gasteiger partial charge in [0.2, 0.25) is 0 Å². The van der Waals surface area contributed by atoms with Gasteiger partial charge in [-0.3, -0.25) is 0 Å². The molecule has 3 heteroatoms. The lowest BCUT2D eigenvalue weighted by Crippen LogP contribution is -2.10. The minimum atomic E-state index is 0.270. The van der Waals surface area contributed by atoms with Gasteiger partial charge in [0.05, 0.1) is 5.71 Å². The van der Waals surface area contributed by atoms with Crippen molar-refractivity contribution in [2.75, 3.05) is 7.11 Å². The van der Waals surface area contributed by atoms with Crippen molar-refractivity contribution in [3.63, 3.8) is 0 Å². The van der Waals surface area contributed by atoms with Gasteiger partial charge in [0.1, 0.15) is 18.6 Å². The number of oxime groups is 1. The molecule has 3 aromatic carbocycles. The summed E-state index contributed by atoms with van der Waals surface area (Å²) in [5.41, 5.74) is 5.06. The Kier molecular flexibility index (Phi) is 4.69. The van der Waals surface area contributed by atoms with Gasteiger partial charge in [-0.05, 0) is 47.4 Å². The molecule has 1 aliphatic rings. The van der Waals surface area contributed by atoms with Crippen molar-refractivity contribution in [3.05, 3.63) is 95.6 Å². The van der Waals surface area contributed by atoms with Gasteiger partial charge in [-0.25, -0.2) is 0 Å². The Morgan fingerprint density at radius 3 is 2.31 bits per heavy atom. The molecule has 0 saturated heterocycles. The smallest absolute Gasteiger partial charge is 0.127 e. The average molecular weight is 343 g/mol. The topological polar surface area (TPSA) is 30.8 Å². The molecule has 3 aromatic rings. The quantitative estimate of drug-likeness (QED) is 0.584. The Balaban J connectivity index is 1.52. The molecule has 0 fully saturated rings. The number of nitrogens with zero attached hydrogens (tertiary/aromatic N) is 1. The van der Waals surface area contributed by atoms with E-state index in [2.05, 4.69) is 41.6 Å². The van der Waals surface area contributed by atoms with Gasteiger partial charge < -0.3 is 9.57 Å². The molecule has 1 atom stereocenters. The van der Waals surface area contributed by atoms with Crippen LogP contribution in [0.2, 0.25) is 0 Å². The van der Waals surface area contributed by atoms with E-state index in [4.69, 9.17) is 9.57 Å². The predicted octanol–water partition coefficient (Wildman–Crippen LogP) is 5.36. The van der Waals surface area contributed by atoms with Crippen molar-refractivity contribution >= 4 is 5.71 Å². The van der Waals surface area contributed by atoms with Gasteiger partial charge in [-0.1, -0.05) is 59.8 Å². The van der Waals surface area contributed by atoms with E-state index in [1.54, 1.807) is 7.11 Å². The minimum absolute atomic E-state index is 0.270. The molecular formula is C23H21NO2. The Hall–Kier alpha value is -3.07. The van der Waals surface area contributed by atoms with Crippen LogP contribution in [0.1, 0.15) is 22.6 Å². The summed E-state index contributed by atoms with van der Waals surface area (Å²) in [5.74, 6) is 1.96. The van der Waals surface area contributed by atoms with Crippen molar-refractivity contribution in [1.82, 2.24) is 0 Å². The summed E-state index contributed by atoms with van der Waals surface area (Å²) < 4.78 is 5.88.